The molecule has 1 aliphatic rings. The van der Waals surface area contributed by atoms with Gasteiger partial charge in [0.2, 0.25) is 0 Å². The van der Waals surface area contributed by atoms with Gasteiger partial charge in [-0.25, -0.2) is 4.39 Å². The Labute approximate surface area is 106 Å². The molecule has 1 unspecified atom stereocenters. The molecule has 2 N–H and O–H groups in total. The normalized spacial score (nSPS) is 19.1. The van der Waals surface area contributed by atoms with Crippen LogP contribution >= 0.6 is 11.6 Å². The Kier molecular flexibility index (Phi) is 3.43. The molecular formula is C13H17ClFNO. The third-order valence-electron chi connectivity index (χ3n) is 3.61. The standard InChI is InChI=1S/C13H17ClFNO/c1-8(16)13(3-4-13)11-6-10(14)5-9(7-17-2)12(11)15/h5-6,8H,3-4,7,16H2,1-2H3. The third-order valence-corrected chi connectivity index (χ3v) is 3.83. The van der Waals surface area contributed by atoms with Gasteiger partial charge in [-0.3, -0.25) is 0 Å². The lowest BCUT2D eigenvalue weighted by molar-refractivity contribution is 0.181. The lowest BCUT2D eigenvalue weighted by atomic mass is 9.88. The van der Waals surface area contributed by atoms with Gasteiger partial charge in [0.05, 0.1) is 6.61 Å². The minimum absolute atomic E-state index is 0.0640. The second-order valence-corrected chi connectivity index (χ2v) is 5.24. The van der Waals surface area contributed by atoms with Crippen molar-refractivity contribution >= 4 is 11.6 Å². The first kappa shape index (κ1) is 12.8. The van der Waals surface area contributed by atoms with Gasteiger partial charge in [-0.15, -0.1) is 0 Å². The molecule has 1 saturated carbocycles. The van der Waals surface area contributed by atoms with E-state index in [1.807, 2.05) is 6.92 Å². The van der Waals surface area contributed by atoms with Crippen LogP contribution in [0.15, 0.2) is 12.1 Å². The van der Waals surface area contributed by atoms with E-state index >= 15 is 0 Å². The molecule has 0 spiro atoms. The molecule has 1 aromatic rings. The second-order valence-electron chi connectivity index (χ2n) is 4.80. The fourth-order valence-corrected chi connectivity index (χ4v) is 2.61. The molecule has 2 rings (SSSR count). The van der Waals surface area contributed by atoms with E-state index in [9.17, 15) is 4.39 Å². The third kappa shape index (κ3) is 2.19. The fraction of sp³-hybridized carbons (Fsp3) is 0.538. The minimum Gasteiger partial charge on any atom is -0.380 e. The molecule has 1 aliphatic carbocycles. The van der Waals surface area contributed by atoms with Crippen molar-refractivity contribution in [2.24, 2.45) is 5.73 Å². The Morgan fingerprint density at radius 1 is 1.53 bits per heavy atom. The van der Waals surface area contributed by atoms with Crippen molar-refractivity contribution in [1.82, 2.24) is 0 Å². The molecule has 1 atom stereocenters. The highest BCUT2D eigenvalue weighted by atomic mass is 35.5. The van der Waals surface area contributed by atoms with Crippen molar-refractivity contribution in [1.29, 1.82) is 0 Å². The summed E-state index contributed by atoms with van der Waals surface area (Å²) in [5.74, 6) is -0.217. The Morgan fingerprint density at radius 2 is 2.18 bits per heavy atom. The summed E-state index contributed by atoms with van der Waals surface area (Å²) in [5, 5.41) is 0.542. The highest BCUT2D eigenvalue weighted by Crippen LogP contribution is 2.52. The van der Waals surface area contributed by atoms with Crippen molar-refractivity contribution in [2.45, 2.75) is 37.8 Å². The molecule has 0 aromatic heterocycles. The Hall–Kier alpha value is -0.640. The number of nitrogens with two attached hydrogens (primary N) is 1. The van der Waals surface area contributed by atoms with Gasteiger partial charge in [0, 0.05) is 29.2 Å². The molecule has 4 heteroatoms. The number of methoxy groups -OCH3 is 1. The van der Waals surface area contributed by atoms with Crippen LogP contribution < -0.4 is 5.73 Å². The van der Waals surface area contributed by atoms with E-state index in [2.05, 4.69) is 0 Å². The van der Waals surface area contributed by atoms with Crippen molar-refractivity contribution in [3.8, 4) is 0 Å². The van der Waals surface area contributed by atoms with Gasteiger partial charge in [-0.2, -0.15) is 0 Å². The van der Waals surface area contributed by atoms with Crippen LogP contribution in [0.25, 0.3) is 0 Å². The van der Waals surface area contributed by atoms with Crippen LogP contribution in [-0.4, -0.2) is 13.2 Å². The zero-order valence-electron chi connectivity index (χ0n) is 10.1. The van der Waals surface area contributed by atoms with Crippen LogP contribution in [0.4, 0.5) is 4.39 Å². The number of rotatable bonds is 4. The van der Waals surface area contributed by atoms with Gasteiger partial charge in [-0.05, 0) is 37.5 Å². The molecule has 0 saturated heterocycles. The Bertz CT molecular complexity index is 430. The SMILES string of the molecule is COCc1cc(Cl)cc(C2(C(C)N)CC2)c1F. The highest BCUT2D eigenvalue weighted by Gasteiger charge is 2.49. The summed E-state index contributed by atoms with van der Waals surface area (Å²) >= 11 is 6.03. The summed E-state index contributed by atoms with van der Waals surface area (Å²) in [6.45, 7) is 2.15. The number of halogens is 2. The monoisotopic (exact) mass is 257 g/mol. The van der Waals surface area contributed by atoms with Gasteiger partial charge in [0.15, 0.2) is 0 Å². The lowest BCUT2D eigenvalue weighted by Crippen LogP contribution is -2.32. The summed E-state index contributed by atoms with van der Waals surface area (Å²) in [4.78, 5) is 0. The molecule has 0 bridgehead atoms. The molecule has 94 valence electrons. The maximum atomic E-state index is 14.3. The minimum atomic E-state index is -0.225. The summed E-state index contributed by atoms with van der Waals surface area (Å²) in [6.07, 6.45) is 1.85. The first-order chi connectivity index (χ1) is 8.01. The molecular weight excluding hydrogens is 241 g/mol. The number of hydrogen-bond acceptors (Lipinski definition) is 2. The largest absolute Gasteiger partial charge is 0.380 e. The number of ether oxygens (including phenoxy) is 1. The lowest BCUT2D eigenvalue weighted by Gasteiger charge is -2.22. The number of hydrogen-bond donors (Lipinski definition) is 1. The molecule has 17 heavy (non-hydrogen) atoms. The molecule has 0 aliphatic heterocycles. The van der Waals surface area contributed by atoms with Crippen molar-refractivity contribution in [2.75, 3.05) is 7.11 Å². The van der Waals surface area contributed by atoms with Gasteiger partial charge in [0.1, 0.15) is 5.82 Å². The highest BCUT2D eigenvalue weighted by molar-refractivity contribution is 6.30. The average Bonchev–Trinajstić information content (AvgIpc) is 3.04. The van der Waals surface area contributed by atoms with Crippen LogP contribution in [0.2, 0.25) is 5.02 Å². The molecule has 2 nitrogen and oxygen atoms in total. The van der Waals surface area contributed by atoms with Crippen LogP contribution in [0.1, 0.15) is 30.9 Å². The van der Waals surface area contributed by atoms with Gasteiger partial charge < -0.3 is 10.5 Å². The molecule has 0 radical (unpaired) electrons. The topological polar surface area (TPSA) is 35.2 Å². The molecule has 0 amide bonds. The van der Waals surface area contributed by atoms with E-state index in [0.29, 0.717) is 16.1 Å². The van der Waals surface area contributed by atoms with Crippen LogP contribution in [0, 0.1) is 5.82 Å². The van der Waals surface area contributed by atoms with Gasteiger partial charge in [-0.1, -0.05) is 11.6 Å². The van der Waals surface area contributed by atoms with E-state index in [4.69, 9.17) is 22.1 Å². The maximum absolute atomic E-state index is 14.3. The molecule has 1 aromatic carbocycles. The number of benzene rings is 1. The van der Waals surface area contributed by atoms with E-state index in [1.165, 1.54) is 0 Å². The van der Waals surface area contributed by atoms with Crippen LogP contribution in [0.5, 0.6) is 0 Å². The van der Waals surface area contributed by atoms with Crippen LogP contribution in [0.3, 0.4) is 0 Å². The van der Waals surface area contributed by atoms with Crippen molar-refractivity contribution in [3.63, 3.8) is 0 Å². The summed E-state index contributed by atoms with van der Waals surface area (Å²) in [6, 6.07) is 3.25. The first-order valence-corrected chi connectivity index (χ1v) is 6.12. The van der Waals surface area contributed by atoms with E-state index in [1.54, 1.807) is 19.2 Å². The zero-order valence-corrected chi connectivity index (χ0v) is 10.9. The second kappa shape index (κ2) is 4.56. The van der Waals surface area contributed by atoms with E-state index < -0.39 is 0 Å². The van der Waals surface area contributed by atoms with Crippen LogP contribution in [-0.2, 0) is 16.8 Å². The summed E-state index contributed by atoms with van der Waals surface area (Å²) < 4.78 is 19.3. The zero-order chi connectivity index (χ0) is 12.6. The average molecular weight is 258 g/mol. The van der Waals surface area contributed by atoms with Crippen molar-refractivity contribution < 1.29 is 9.13 Å². The fourth-order valence-electron chi connectivity index (χ4n) is 2.37. The predicted octanol–water partition coefficient (Wildman–Crippen LogP) is 3.00. The Morgan fingerprint density at radius 3 is 2.65 bits per heavy atom. The molecule has 1 fully saturated rings. The predicted molar refractivity (Wildman–Crippen MR) is 66.7 cm³/mol. The maximum Gasteiger partial charge on any atom is 0.132 e. The summed E-state index contributed by atoms with van der Waals surface area (Å²) in [5.41, 5.74) is 6.89. The van der Waals surface area contributed by atoms with E-state index in [-0.39, 0.29) is 23.9 Å². The Balaban J connectivity index is 2.47. The first-order valence-electron chi connectivity index (χ1n) is 5.74. The van der Waals surface area contributed by atoms with E-state index in [0.717, 1.165) is 12.8 Å². The van der Waals surface area contributed by atoms with Gasteiger partial charge >= 0.3 is 0 Å². The smallest absolute Gasteiger partial charge is 0.132 e. The molecule has 0 heterocycles. The quantitative estimate of drug-likeness (QED) is 0.900. The van der Waals surface area contributed by atoms with Gasteiger partial charge in [0.25, 0.3) is 0 Å². The summed E-state index contributed by atoms with van der Waals surface area (Å²) in [7, 11) is 1.54. The van der Waals surface area contributed by atoms with Crippen molar-refractivity contribution in [3.05, 3.63) is 34.1 Å².